The molecule has 0 aliphatic heterocycles. The molecule has 3 aromatic rings. The van der Waals surface area contributed by atoms with E-state index in [9.17, 15) is 14.5 Å². The van der Waals surface area contributed by atoms with Crippen LogP contribution >= 0.6 is 11.3 Å². The molecule has 0 amide bonds. The number of fused-ring (bicyclic) bond motifs is 1. The van der Waals surface area contributed by atoms with Crippen LogP contribution < -0.4 is 0 Å². The van der Waals surface area contributed by atoms with Gasteiger partial charge in [0.25, 0.3) is 5.69 Å². The van der Waals surface area contributed by atoms with Crippen LogP contribution in [0, 0.1) is 15.9 Å². The van der Waals surface area contributed by atoms with E-state index in [-0.39, 0.29) is 11.5 Å². The minimum atomic E-state index is -0.458. The van der Waals surface area contributed by atoms with Gasteiger partial charge in [-0.25, -0.2) is 9.37 Å². The Balaban J connectivity index is 2.14. The first-order valence-electron chi connectivity index (χ1n) is 5.44. The molecule has 0 N–H and O–H groups in total. The van der Waals surface area contributed by atoms with Crippen LogP contribution in [0.5, 0.6) is 0 Å². The lowest BCUT2D eigenvalue weighted by atomic mass is 10.2. The van der Waals surface area contributed by atoms with Crippen LogP contribution in [-0.4, -0.2) is 9.91 Å². The van der Waals surface area contributed by atoms with Crippen LogP contribution in [0.25, 0.3) is 20.8 Å². The summed E-state index contributed by atoms with van der Waals surface area (Å²) in [6.07, 6.45) is 0. The lowest BCUT2D eigenvalue weighted by molar-refractivity contribution is -0.384. The third kappa shape index (κ3) is 2.17. The summed E-state index contributed by atoms with van der Waals surface area (Å²) in [5, 5.41) is 11.3. The Bertz CT molecular complexity index is 785. The molecule has 6 heteroatoms. The fourth-order valence-electron chi connectivity index (χ4n) is 1.77. The van der Waals surface area contributed by atoms with E-state index in [1.165, 1.54) is 35.6 Å². The summed E-state index contributed by atoms with van der Waals surface area (Å²) >= 11 is 1.38. The first-order valence-corrected chi connectivity index (χ1v) is 6.26. The number of hydrogen-bond donors (Lipinski definition) is 0. The second-order valence-electron chi connectivity index (χ2n) is 3.94. The van der Waals surface area contributed by atoms with Crippen LogP contribution in [0.4, 0.5) is 10.1 Å². The quantitative estimate of drug-likeness (QED) is 0.524. The average Bonchev–Trinajstić information content (AvgIpc) is 2.81. The predicted octanol–water partition coefficient (Wildman–Crippen LogP) is 4.01. The largest absolute Gasteiger partial charge is 0.271 e. The number of halogens is 1. The summed E-state index contributed by atoms with van der Waals surface area (Å²) < 4.78 is 14.0. The van der Waals surface area contributed by atoms with Crippen molar-refractivity contribution in [3.63, 3.8) is 0 Å². The van der Waals surface area contributed by atoms with Gasteiger partial charge in [0.15, 0.2) is 0 Å². The third-order valence-electron chi connectivity index (χ3n) is 2.65. The molecule has 0 atom stereocenters. The molecule has 2 aromatic carbocycles. The van der Waals surface area contributed by atoms with E-state index in [4.69, 9.17) is 0 Å². The van der Waals surface area contributed by atoms with E-state index in [2.05, 4.69) is 4.98 Å². The molecular weight excluding hydrogens is 267 g/mol. The van der Waals surface area contributed by atoms with Crippen LogP contribution in [0.15, 0.2) is 42.5 Å². The van der Waals surface area contributed by atoms with E-state index < -0.39 is 4.92 Å². The molecule has 1 aromatic heterocycles. The van der Waals surface area contributed by atoms with Gasteiger partial charge in [0.05, 0.1) is 15.1 Å². The van der Waals surface area contributed by atoms with E-state index in [0.717, 1.165) is 4.70 Å². The molecule has 94 valence electrons. The van der Waals surface area contributed by atoms with Crippen LogP contribution in [0.1, 0.15) is 0 Å². The number of aromatic nitrogens is 1. The summed E-state index contributed by atoms with van der Waals surface area (Å²) in [4.78, 5) is 14.6. The van der Waals surface area contributed by atoms with Gasteiger partial charge in [-0.1, -0.05) is 12.1 Å². The first-order chi connectivity index (χ1) is 9.13. The van der Waals surface area contributed by atoms with Crippen molar-refractivity contribution in [1.29, 1.82) is 0 Å². The van der Waals surface area contributed by atoms with E-state index in [0.29, 0.717) is 16.1 Å². The highest BCUT2D eigenvalue weighted by atomic mass is 32.1. The molecule has 0 fully saturated rings. The van der Waals surface area contributed by atoms with Crippen molar-refractivity contribution in [3.8, 4) is 10.6 Å². The van der Waals surface area contributed by atoms with Crippen molar-refractivity contribution >= 4 is 27.2 Å². The Labute approximate surface area is 111 Å². The molecule has 19 heavy (non-hydrogen) atoms. The fourth-order valence-corrected chi connectivity index (χ4v) is 2.72. The molecule has 0 radical (unpaired) electrons. The van der Waals surface area contributed by atoms with Gasteiger partial charge in [-0.2, -0.15) is 0 Å². The SMILES string of the molecule is O=[N+]([O-])c1ccc2sc(-c3cccc(F)c3)nc2c1. The molecule has 0 saturated heterocycles. The van der Waals surface area contributed by atoms with Crippen molar-refractivity contribution in [2.24, 2.45) is 0 Å². The summed E-state index contributed by atoms with van der Waals surface area (Å²) in [6.45, 7) is 0. The highest BCUT2D eigenvalue weighted by molar-refractivity contribution is 7.21. The third-order valence-corrected chi connectivity index (χ3v) is 3.74. The maximum atomic E-state index is 13.2. The average molecular weight is 274 g/mol. The molecule has 0 saturated carbocycles. The minimum Gasteiger partial charge on any atom is -0.258 e. The van der Waals surface area contributed by atoms with Gasteiger partial charge in [-0.3, -0.25) is 10.1 Å². The number of hydrogen-bond acceptors (Lipinski definition) is 4. The molecular formula is C13H7FN2O2S. The van der Waals surface area contributed by atoms with Gasteiger partial charge in [0, 0.05) is 17.7 Å². The van der Waals surface area contributed by atoms with E-state index >= 15 is 0 Å². The number of nitrogens with zero attached hydrogens (tertiary/aromatic N) is 2. The van der Waals surface area contributed by atoms with Crippen molar-refractivity contribution in [3.05, 3.63) is 58.4 Å². The molecule has 0 spiro atoms. The number of nitro benzene ring substituents is 1. The maximum absolute atomic E-state index is 13.2. The highest BCUT2D eigenvalue weighted by Gasteiger charge is 2.11. The lowest BCUT2D eigenvalue weighted by Crippen LogP contribution is -1.86. The Morgan fingerprint density at radius 1 is 1.21 bits per heavy atom. The first kappa shape index (κ1) is 11.7. The Morgan fingerprint density at radius 2 is 2.05 bits per heavy atom. The van der Waals surface area contributed by atoms with E-state index in [1.807, 2.05) is 0 Å². The fraction of sp³-hybridized carbons (Fsp3) is 0. The Kier molecular flexibility index (Phi) is 2.72. The van der Waals surface area contributed by atoms with Gasteiger partial charge in [0.1, 0.15) is 10.8 Å². The number of thiazole rings is 1. The van der Waals surface area contributed by atoms with Gasteiger partial charge in [-0.15, -0.1) is 11.3 Å². The zero-order valence-corrected chi connectivity index (χ0v) is 10.4. The number of rotatable bonds is 2. The molecule has 4 nitrogen and oxygen atoms in total. The monoisotopic (exact) mass is 274 g/mol. The normalized spacial score (nSPS) is 10.8. The second kappa shape index (κ2) is 4.40. The van der Waals surface area contributed by atoms with Gasteiger partial charge in [0.2, 0.25) is 0 Å². The number of non-ortho nitro benzene ring substituents is 1. The second-order valence-corrected chi connectivity index (χ2v) is 4.97. The lowest BCUT2D eigenvalue weighted by Gasteiger charge is -1.94. The van der Waals surface area contributed by atoms with Gasteiger partial charge < -0.3 is 0 Å². The smallest absolute Gasteiger partial charge is 0.258 e. The predicted molar refractivity (Wildman–Crippen MR) is 71.7 cm³/mol. The number of benzene rings is 2. The molecule has 0 aliphatic rings. The minimum absolute atomic E-state index is 0.00333. The summed E-state index contributed by atoms with van der Waals surface area (Å²) in [6, 6.07) is 10.7. The van der Waals surface area contributed by atoms with Crippen molar-refractivity contribution in [2.45, 2.75) is 0 Å². The molecule has 0 aliphatic carbocycles. The van der Waals surface area contributed by atoms with Gasteiger partial charge in [-0.05, 0) is 18.2 Å². The number of nitro groups is 1. The summed E-state index contributed by atoms with van der Waals surface area (Å²) in [7, 11) is 0. The topological polar surface area (TPSA) is 56.0 Å². The summed E-state index contributed by atoms with van der Waals surface area (Å²) in [5.74, 6) is -0.331. The van der Waals surface area contributed by atoms with Crippen molar-refractivity contribution < 1.29 is 9.31 Å². The molecule has 0 unspecified atom stereocenters. The zero-order chi connectivity index (χ0) is 13.4. The van der Waals surface area contributed by atoms with Crippen LogP contribution in [-0.2, 0) is 0 Å². The maximum Gasteiger partial charge on any atom is 0.271 e. The zero-order valence-electron chi connectivity index (χ0n) is 9.54. The van der Waals surface area contributed by atoms with Gasteiger partial charge >= 0.3 is 0 Å². The summed E-state index contributed by atoms with van der Waals surface area (Å²) in [5.41, 5.74) is 1.23. The van der Waals surface area contributed by atoms with Crippen LogP contribution in [0.3, 0.4) is 0 Å². The Morgan fingerprint density at radius 3 is 2.79 bits per heavy atom. The van der Waals surface area contributed by atoms with Crippen LogP contribution in [0.2, 0.25) is 0 Å². The van der Waals surface area contributed by atoms with E-state index in [1.54, 1.807) is 18.2 Å². The molecule has 0 bridgehead atoms. The standard InChI is InChI=1S/C13H7FN2O2S/c14-9-3-1-2-8(6-9)13-15-11-7-10(16(17)18)4-5-12(11)19-13/h1-7H. The highest BCUT2D eigenvalue weighted by Crippen LogP contribution is 2.32. The molecule has 3 rings (SSSR count). The van der Waals surface area contributed by atoms with Crippen molar-refractivity contribution in [2.75, 3.05) is 0 Å². The van der Waals surface area contributed by atoms with Crippen molar-refractivity contribution in [1.82, 2.24) is 4.98 Å². The molecule has 1 heterocycles. The Hall–Kier alpha value is -2.34.